The number of nitrogens with one attached hydrogen (secondary N) is 1. The van der Waals surface area contributed by atoms with Gasteiger partial charge in [-0.1, -0.05) is 34.1 Å². The molecule has 0 aliphatic carbocycles. The Morgan fingerprint density at radius 3 is 2.33 bits per heavy atom. The Labute approximate surface area is 151 Å². The summed E-state index contributed by atoms with van der Waals surface area (Å²) in [7, 11) is 0. The van der Waals surface area contributed by atoms with Gasteiger partial charge >= 0.3 is 12.1 Å². The monoisotopic (exact) mass is 397 g/mol. The van der Waals surface area contributed by atoms with E-state index < -0.39 is 29.6 Å². The van der Waals surface area contributed by atoms with Crippen LogP contribution in [0.1, 0.15) is 39.2 Å². The van der Waals surface area contributed by atoms with Gasteiger partial charge in [-0.05, 0) is 45.4 Å². The molecule has 0 heterocycles. The molecule has 0 fully saturated rings. The van der Waals surface area contributed by atoms with E-state index in [4.69, 9.17) is 9.47 Å². The summed E-state index contributed by atoms with van der Waals surface area (Å²) >= 11 is 3.37. The van der Waals surface area contributed by atoms with E-state index in [0.29, 0.717) is 0 Å². The highest BCUT2D eigenvalue weighted by Crippen LogP contribution is 2.24. The lowest BCUT2D eigenvalue weighted by Crippen LogP contribution is -2.47. The fraction of sp³-hybridized carbons (Fsp3) is 0.444. The highest BCUT2D eigenvalue weighted by Gasteiger charge is 2.32. The minimum Gasteiger partial charge on any atom is -0.464 e. The molecular weight excluding hydrogens is 374 g/mol. The second-order valence-corrected chi connectivity index (χ2v) is 7.10. The van der Waals surface area contributed by atoms with Crippen LogP contribution in [0.4, 0.5) is 4.79 Å². The number of esters is 1. The minimum absolute atomic E-state index is 0.218. The van der Waals surface area contributed by atoms with Crippen LogP contribution in [0.2, 0.25) is 0 Å². The SMILES string of the molecule is C=C[C@@H](c1ccc(Br)cc1)[C@H](NC(=O)OC(C)(C)C)C(=O)OCC. The third-order valence-electron chi connectivity index (χ3n) is 3.08. The lowest BCUT2D eigenvalue weighted by molar-refractivity contribution is -0.146. The van der Waals surface area contributed by atoms with Crippen molar-refractivity contribution in [1.82, 2.24) is 5.32 Å². The molecule has 0 aliphatic heterocycles. The molecule has 6 heteroatoms. The zero-order chi connectivity index (χ0) is 18.3. The summed E-state index contributed by atoms with van der Waals surface area (Å²) < 4.78 is 11.3. The van der Waals surface area contributed by atoms with E-state index in [-0.39, 0.29) is 6.61 Å². The lowest BCUT2D eigenvalue weighted by Gasteiger charge is -2.26. The Balaban J connectivity index is 3.06. The first-order valence-corrected chi connectivity index (χ1v) is 8.51. The predicted molar refractivity (Wildman–Crippen MR) is 96.9 cm³/mol. The molecule has 132 valence electrons. The van der Waals surface area contributed by atoms with E-state index in [1.165, 1.54) is 0 Å². The molecule has 0 spiro atoms. The molecule has 1 aromatic rings. The van der Waals surface area contributed by atoms with Crippen molar-refractivity contribution in [2.45, 2.75) is 45.3 Å². The number of hydrogen-bond acceptors (Lipinski definition) is 4. The highest BCUT2D eigenvalue weighted by molar-refractivity contribution is 9.10. The van der Waals surface area contributed by atoms with Crippen LogP contribution in [0.25, 0.3) is 0 Å². The number of benzene rings is 1. The smallest absolute Gasteiger partial charge is 0.408 e. The van der Waals surface area contributed by atoms with E-state index >= 15 is 0 Å². The number of rotatable bonds is 6. The minimum atomic E-state index is -0.918. The first kappa shape index (κ1) is 20.2. The summed E-state index contributed by atoms with van der Waals surface area (Å²) in [5, 5.41) is 2.60. The quantitative estimate of drug-likeness (QED) is 0.577. The van der Waals surface area contributed by atoms with Crippen molar-refractivity contribution in [2.24, 2.45) is 0 Å². The molecule has 1 aromatic carbocycles. The molecule has 2 atom stereocenters. The van der Waals surface area contributed by atoms with Crippen LogP contribution in [0.3, 0.4) is 0 Å². The van der Waals surface area contributed by atoms with Crippen molar-refractivity contribution < 1.29 is 19.1 Å². The average molecular weight is 398 g/mol. The third kappa shape index (κ3) is 6.35. The topological polar surface area (TPSA) is 64.6 Å². The van der Waals surface area contributed by atoms with Crippen LogP contribution in [0.5, 0.6) is 0 Å². The molecule has 0 saturated carbocycles. The molecule has 0 radical (unpaired) electrons. The first-order chi connectivity index (χ1) is 11.2. The van der Waals surface area contributed by atoms with Gasteiger partial charge in [-0.25, -0.2) is 9.59 Å². The van der Waals surface area contributed by atoms with Gasteiger partial charge in [-0.2, -0.15) is 0 Å². The Morgan fingerprint density at radius 1 is 1.29 bits per heavy atom. The van der Waals surface area contributed by atoms with Gasteiger partial charge < -0.3 is 14.8 Å². The summed E-state index contributed by atoms with van der Waals surface area (Å²) in [6.45, 7) is 11.0. The molecule has 0 aliphatic rings. The van der Waals surface area contributed by atoms with Gasteiger partial charge in [0, 0.05) is 10.4 Å². The number of hydrogen-bond donors (Lipinski definition) is 1. The fourth-order valence-corrected chi connectivity index (χ4v) is 2.38. The zero-order valence-electron chi connectivity index (χ0n) is 14.5. The molecule has 1 rings (SSSR count). The molecule has 5 nitrogen and oxygen atoms in total. The molecular formula is C18H24BrNO4. The van der Waals surface area contributed by atoms with Gasteiger partial charge in [0.25, 0.3) is 0 Å². The zero-order valence-corrected chi connectivity index (χ0v) is 16.1. The van der Waals surface area contributed by atoms with Crippen LogP contribution < -0.4 is 5.32 Å². The van der Waals surface area contributed by atoms with Gasteiger partial charge in [0.15, 0.2) is 0 Å². The summed E-state index contributed by atoms with van der Waals surface area (Å²) in [6, 6.07) is 6.53. The number of halogens is 1. The van der Waals surface area contributed by atoms with E-state index in [9.17, 15) is 9.59 Å². The number of carbonyl (C=O) groups is 2. The van der Waals surface area contributed by atoms with Crippen LogP contribution in [-0.4, -0.2) is 30.3 Å². The first-order valence-electron chi connectivity index (χ1n) is 7.72. The van der Waals surface area contributed by atoms with E-state index in [1.54, 1.807) is 33.8 Å². The second-order valence-electron chi connectivity index (χ2n) is 6.19. The lowest BCUT2D eigenvalue weighted by atomic mass is 9.91. The van der Waals surface area contributed by atoms with Crippen molar-refractivity contribution in [2.75, 3.05) is 6.61 Å². The third-order valence-corrected chi connectivity index (χ3v) is 3.61. The highest BCUT2D eigenvalue weighted by atomic mass is 79.9. The summed E-state index contributed by atoms with van der Waals surface area (Å²) in [5.41, 5.74) is 0.173. The van der Waals surface area contributed by atoms with Gasteiger partial charge in [0.05, 0.1) is 6.61 Å². The Kier molecular flexibility index (Phi) is 7.48. The number of alkyl carbamates (subject to hydrolysis) is 1. The molecule has 0 saturated heterocycles. The van der Waals surface area contributed by atoms with Crippen molar-refractivity contribution in [3.63, 3.8) is 0 Å². The molecule has 0 aromatic heterocycles. The van der Waals surface area contributed by atoms with Crippen LogP contribution in [0.15, 0.2) is 41.4 Å². The van der Waals surface area contributed by atoms with E-state index in [1.807, 2.05) is 24.3 Å². The average Bonchev–Trinajstić information content (AvgIpc) is 2.47. The molecule has 0 unspecified atom stereocenters. The summed E-state index contributed by atoms with van der Waals surface area (Å²) in [5.74, 6) is -0.971. The fourth-order valence-electron chi connectivity index (χ4n) is 2.11. The van der Waals surface area contributed by atoms with Crippen molar-refractivity contribution in [3.05, 3.63) is 47.0 Å². The summed E-state index contributed by atoms with van der Waals surface area (Å²) in [4.78, 5) is 24.4. The largest absolute Gasteiger partial charge is 0.464 e. The molecule has 1 N–H and O–H groups in total. The van der Waals surface area contributed by atoms with Crippen LogP contribution >= 0.6 is 15.9 Å². The number of ether oxygens (including phenoxy) is 2. The normalized spacial score (nSPS) is 13.5. The van der Waals surface area contributed by atoms with Crippen LogP contribution in [-0.2, 0) is 14.3 Å². The van der Waals surface area contributed by atoms with Gasteiger partial charge in [-0.15, -0.1) is 6.58 Å². The molecule has 24 heavy (non-hydrogen) atoms. The van der Waals surface area contributed by atoms with E-state index in [0.717, 1.165) is 10.0 Å². The van der Waals surface area contributed by atoms with Gasteiger partial charge in [0.2, 0.25) is 0 Å². The molecule has 1 amide bonds. The Morgan fingerprint density at radius 2 is 1.88 bits per heavy atom. The number of amides is 1. The van der Waals surface area contributed by atoms with Gasteiger partial charge in [-0.3, -0.25) is 0 Å². The van der Waals surface area contributed by atoms with Crippen LogP contribution in [0, 0.1) is 0 Å². The van der Waals surface area contributed by atoms with Crippen molar-refractivity contribution >= 4 is 28.0 Å². The maximum absolute atomic E-state index is 12.3. The van der Waals surface area contributed by atoms with Gasteiger partial charge in [0.1, 0.15) is 11.6 Å². The van der Waals surface area contributed by atoms with Crippen molar-refractivity contribution in [3.8, 4) is 0 Å². The van der Waals surface area contributed by atoms with Crippen molar-refractivity contribution in [1.29, 1.82) is 0 Å². The maximum atomic E-state index is 12.3. The number of carbonyl (C=O) groups excluding carboxylic acids is 2. The molecule has 0 bridgehead atoms. The predicted octanol–water partition coefficient (Wildman–Crippen LogP) is 4.18. The summed E-state index contributed by atoms with van der Waals surface area (Å²) in [6.07, 6.45) is 0.937. The Hall–Kier alpha value is -1.82. The maximum Gasteiger partial charge on any atom is 0.408 e. The standard InChI is InChI=1S/C18H24BrNO4/c1-6-14(12-8-10-13(19)11-9-12)15(16(21)23-7-2)20-17(22)24-18(3,4)5/h6,8-11,14-15H,1,7H2,2-5H3,(H,20,22)/t14-,15-/m0/s1. The second kappa shape index (κ2) is 8.87. The Bertz CT molecular complexity index is 578. The van der Waals surface area contributed by atoms with E-state index in [2.05, 4.69) is 27.8 Å².